The third-order valence-electron chi connectivity index (χ3n) is 3.14. The summed E-state index contributed by atoms with van der Waals surface area (Å²) in [5, 5.41) is 12.0. The molecule has 2 aromatic rings. The van der Waals surface area contributed by atoms with Crippen molar-refractivity contribution < 1.29 is 9.13 Å². The molecule has 0 saturated heterocycles. The van der Waals surface area contributed by atoms with Crippen molar-refractivity contribution in [2.75, 3.05) is 12.4 Å². The fourth-order valence-electron chi connectivity index (χ4n) is 1.97. The Kier molecular flexibility index (Phi) is 4.21. The number of ether oxygens (including phenoxy) is 1. The summed E-state index contributed by atoms with van der Waals surface area (Å²) in [5.74, 6) is 0.390. The number of benzene rings is 2. The molecule has 0 aliphatic carbocycles. The van der Waals surface area contributed by atoms with E-state index in [4.69, 9.17) is 10.00 Å². The van der Waals surface area contributed by atoms with Gasteiger partial charge in [0.2, 0.25) is 0 Å². The number of nitrogens with zero attached hydrogens (tertiary/aromatic N) is 1. The van der Waals surface area contributed by atoms with E-state index in [1.807, 2.05) is 30.3 Å². The van der Waals surface area contributed by atoms with Crippen LogP contribution in [-0.4, -0.2) is 7.11 Å². The van der Waals surface area contributed by atoms with Gasteiger partial charge in [-0.1, -0.05) is 18.2 Å². The molecule has 0 aromatic heterocycles. The third-order valence-corrected chi connectivity index (χ3v) is 3.14. The molecule has 102 valence electrons. The maximum atomic E-state index is 13.7. The predicted octanol–water partition coefficient (Wildman–Crippen LogP) is 3.63. The lowest BCUT2D eigenvalue weighted by molar-refractivity contribution is 0.410. The Morgan fingerprint density at radius 3 is 2.75 bits per heavy atom. The zero-order valence-electron chi connectivity index (χ0n) is 11.4. The first kappa shape index (κ1) is 13.9. The van der Waals surface area contributed by atoms with Crippen LogP contribution in [0.1, 0.15) is 16.7 Å². The Labute approximate surface area is 117 Å². The molecule has 0 bridgehead atoms. The summed E-state index contributed by atoms with van der Waals surface area (Å²) >= 11 is 0. The molecule has 0 aliphatic rings. The zero-order valence-corrected chi connectivity index (χ0v) is 11.4. The van der Waals surface area contributed by atoms with Crippen LogP contribution >= 0.6 is 0 Å². The second kappa shape index (κ2) is 6.07. The summed E-state index contributed by atoms with van der Waals surface area (Å²) in [6, 6.07) is 12.5. The Hall–Kier alpha value is -2.54. The Balaban J connectivity index is 2.23. The highest BCUT2D eigenvalue weighted by Gasteiger charge is 2.08. The van der Waals surface area contributed by atoms with Gasteiger partial charge in [0.15, 0.2) is 0 Å². The molecule has 0 saturated carbocycles. The number of para-hydroxylation sites is 1. The second-order valence-corrected chi connectivity index (χ2v) is 4.41. The highest BCUT2D eigenvalue weighted by Crippen LogP contribution is 2.23. The van der Waals surface area contributed by atoms with Crippen LogP contribution in [0.2, 0.25) is 0 Å². The van der Waals surface area contributed by atoms with Crippen molar-refractivity contribution in [1.82, 2.24) is 0 Å². The number of hydrogen-bond donors (Lipinski definition) is 1. The minimum Gasteiger partial charge on any atom is -0.496 e. The normalized spacial score (nSPS) is 9.90. The van der Waals surface area contributed by atoms with Crippen molar-refractivity contribution >= 4 is 5.69 Å². The van der Waals surface area contributed by atoms with E-state index >= 15 is 0 Å². The molecule has 2 rings (SSSR count). The highest BCUT2D eigenvalue weighted by molar-refractivity contribution is 5.56. The SMILES string of the molecule is COc1ccccc1CNc1cc(C#N)cc(F)c1C. The van der Waals surface area contributed by atoms with Gasteiger partial charge in [-0.3, -0.25) is 0 Å². The van der Waals surface area contributed by atoms with Gasteiger partial charge in [-0.05, 0) is 25.1 Å². The van der Waals surface area contributed by atoms with Crippen LogP contribution < -0.4 is 10.1 Å². The number of halogens is 1. The van der Waals surface area contributed by atoms with E-state index in [0.29, 0.717) is 23.4 Å². The van der Waals surface area contributed by atoms with Crippen LogP contribution in [0.5, 0.6) is 5.75 Å². The number of nitriles is 1. The first-order valence-electron chi connectivity index (χ1n) is 6.21. The first-order valence-corrected chi connectivity index (χ1v) is 6.21. The van der Waals surface area contributed by atoms with Crippen LogP contribution in [0.15, 0.2) is 36.4 Å². The summed E-state index contributed by atoms with van der Waals surface area (Å²) in [4.78, 5) is 0. The third kappa shape index (κ3) is 2.89. The molecule has 0 aliphatic heterocycles. The first-order chi connectivity index (χ1) is 9.65. The lowest BCUT2D eigenvalue weighted by atomic mass is 10.1. The molecule has 3 nitrogen and oxygen atoms in total. The molecule has 0 spiro atoms. The molecular weight excluding hydrogens is 255 g/mol. The topological polar surface area (TPSA) is 45.0 Å². The summed E-state index contributed by atoms with van der Waals surface area (Å²) in [7, 11) is 1.61. The van der Waals surface area contributed by atoms with E-state index in [1.54, 1.807) is 20.1 Å². The Morgan fingerprint density at radius 1 is 1.30 bits per heavy atom. The standard InChI is InChI=1S/C16H15FN2O/c1-11-14(17)7-12(9-18)8-15(11)19-10-13-5-3-4-6-16(13)20-2/h3-8,19H,10H2,1-2H3. The average Bonchev–Trinajstić information content (AvgIpc) is 2.48. The molecule has 0 radical (unpaired) electrons. The van der Waals surface area contributed by atoms with Crippen molar-refractivity contribution in [3.63, 3.8) is 0 Å². The van der Waals surface area contributed by atoms with E-state index in [9.17, 15) is 4.39 Å². The predicted molar refractivity (Wildman–Crippen MR) is 76.2 cm³/mol. The maximum absolute atomic E-state index is 13.7. The van der Waals surface area contributed by atoms with Crippen molar-refractivity contribution in [3.05, 3.63) is 58.9 Å². The molecule has 0 heterocycles. The molecule has 0 amide bonds. The van der Waals surface area contributed by atoms with E-state index in [0.717, 1.165) is 11.3 Å². The van der Waals surface area contributed by atoms with Crippen LogP contribution in [-0.2, 0) is 6.54 Å². The van der Waals surface area contributed by atoms with Crippen LogP contribution in [0, 0.1) is 24.1 Å². The molecule has 1 N–H and O–H groups in total. The smallest absolute Gasteiger partial charge is 0.129 e. The van der Waals surface area contributed by atoms with Gasteiger partial charge in [-0.15, -0.1) is 0 Å². The molecule has 0 fully saturated rings. The second-order valence-electron chi connectivity index (χ2n) is 4.41. The minimum absolute atomic E-state index is 0.302. The summed E-state index contributed by atoms with van der Waals surface area (Å²) in [6.45, 7) is 2.18. The number of nitrogens with one attached hydrogen (secondary N) is 1. The Morgan fingerprint density at radius 2 is 2.05 bits per heavy atom. The lowest BCUT2D eigenvalue weighted by Gasteiger charge is -2.13. The van der Waals surface area contributed by atoms with Gasteiger partial charge in [0.25, 0.3) is 0 Å². The van der Waals surface area contributed by atoms with Gasteiger partial charge in [-0.2, -0.15) is 5.26 Å². The number of methoxy groups -OCH3 is 1. The maximum Gasteiger partial charge on any atom is 0.129 e. The van der Waals surface area contributed by atoms with Crippen LogP contribution in [0.4, 0.5) is 10.1 Å². The minimum atomic E-state index is -0.383. The fraction of sp³-hybridized carbons (Fsp3) is 0.188. The molecular formula is C16H15FN2O. The van der Waals surface area contributed by atoms with Gasteiger partial charge in [-0.25, -0.2) is 4.39 Å². The van der Waals surface area contributed by atoms with E-state index in [1.165, 1.54) is 6.07 Å². The summed E-state index contributed by atoms with van der Waals surface area (Å²) in [6.07, 6.45) is 0. The number of anilines is 1. The van der Waals surface area contributed by atoms with Gasteiger partial charge in [0.1, 0.15) is 11.6 Å². The number of hydrogen-bond acceptors (Lipinski definition) is 3. The van der Waals surface area contributed by atoms with Crippen LogP contribution in [0.3, 0.4) is 0 Å². The molecule has 2 aromatic carbocycles. The van der Waals surface area contributed by atoms with Gasteiger partial charge >= 0.3 is 0 Å². The summed E-state index contributed by atoms with van der Waals surface area (Å²) in [5.41, 5.74) is 2.39. The quantitative estimate of drug-likeness (QED) is 0.922. The highest BCUT2D eigenvalue weighted by atomic mass is 19.1. The molecule has 0 unspecified atom stereocenters. The van der Waals surface area contributed by atoms with Gasteiger partial charge in [0.05, 0.1) is 18.7 Å². The molecule has 20 heavy (non-hydrogen) atoms. The zero-order chi connectivity index (χ0) is 14.5. The fourth-order valence-corrected chi connectivity index (χ4v) is 1.97. The van der Waals surface area contributed by atoms with Crippen molar-refractivity contribution in [3.8, 4) is 11.8 Å². The van der Waals surface area contributed by atoms with Crippen molar-refractivity contribution in [2.45, 2.75) is 13.5 Å². The van der Waals surface area contributed by atoms with Crippen molar-refractivity contribution in [1.29, 1.82) is 5.26 Å². The van der Waals surface area contributed by atoms with Gasteiger partial charge in [0, 0.05) is 23.4 Å². The van der Waals surface area contributed by atoms with Crippen LogP contribution in [0.25, 0.3) is 0 Å². The van der Waals surface area contributed by atoms with E-state index < -0.39 is 0 Å². The average molecular weight is 270 g/mol. The Bertz CT molecular complexity index is 662. The number of rotatable bonds is 4. The largest absolute Gasteiger partial charge is 0.496 e. The monoisotopic (exact) mass is 270 g/mol. The molecule has 0 atom stereocenters. The van der Waals surface area contributed by atoms with Gasteiger partial charge < -0.3 is 10.1 Å². The molecule has 4 heteroatoms. The summed E-state index contributed by atoms with van der Waals surface area (Å²) < 4.78 is 18.9. The van der Waals surface area contributed by atoms with E-state index in [-0.39, 0.29) is 5.82 Å². The van der Waals surface area contributed by atoms with Crippen molar-refractivity contribution in [2.24, 2.45) is 0 Å². The lowest BCUT2D eigenvalue weighted by Crippen LogP contribution is -2.04. The van der Waals surface area contributed by atoms with E-state index in [2.05, 4.69) is 5.32 Å².